The minimum absolute atomic E-state index is 0.000603. The van der Waals surface area contributed by atoms with Crippen LogP contribution in [0, 0.1) is 11.3 Å². The van der Waals surface area contributed by atoms with Crippen molar-refractivity contribution in [3.05, 3.63) is 0 Å². The molecule has 0 aromatic rings. The van der Waals surface area contributed by atoms with Crippen LogP contribution in [0.1, 0.15) is 52.4 Å². The molecular weight excluding hydrogens is 218 g/mol. The van der Waals surface area contributed by atoms with E-state index in [2.05, 4.69) is 5.32 Å². The number of nitrogens with one attached hydrogen (secondary N) is 1. The summed E-state index contributed by atoms with van der Waals surface area (Å²) in [5.74, 6) is -0.941. The molecule has 2 saturated carbocycles. The maximum atomic E-state index is 12.0. The summed E-state index contributed by atoms with van der Waals surface area (Å²) in [4.78, 5) is 23.4. The Hall–Kier alpha value is -1.06. The average Bonchev–Trinajstić information content (AvgIpc) is 2.89. The number of carboxylic acids is 1. The van der Waals surface area contributed by atoms with E-state index >= 15 is 0 Å². The smallest absolute Gasteiger partial charge is 0.329 e. The van der Waals surface area contributed by atoms with Crippen LogP contribution in [0.5, 0.6) is 0 Å². The lowest BCUT2D eigenvalue weighted by molar-refractivity contribution is -0.149. The molecule has 0 saturated heterocycles. The zero-order valence-corrected chi connectivity index (χ0v) is 10.6. The van der Waals surface area contributed by atoms with E-state index in [0.29, 0.717) is 12.8 Å². The summed E-state index contributed by atoms with van der Waals surface area (Å²) in [5.41, 5.74) is -0.938. The highest BCUT2D eigenvalue weighted by atomic mass is 16.4. The summed E-state index contributed by atoms with van der Waals surface area (Å²) < 4.78 is 0. The fraction of sp³-hybridized carbons (Fsp3) is 0.846. The normalized spacial score (nSPS) is 29.4. The SMILES string of the molecule is CC1(C)CC1C(=O)NC1(C(=O)O)CCCCC1. The molecule has 1 amide bonds. The number of aliphatic carboxylic acids is 1. The first-order valence-corrected chi connectivity index (χ1v) is 6.43. The van der Waals surface area contributed by atoms with Gasteiger partial charge in [0.15, 0.2) is 0 Å². The molecule has 0 aromatic carbocycles. The maximum absolute atomic E-state index is 12.0. The third-order valence-electron chi connectivity index (χ3n) is 4.31. The molecule has 1 unspecified atom stereocenters. The molecule has 96 valence electrons. The Bertz CT molecular complexity index is 343. The molecule has 0 heterocycles. The fourth-order valence-corrected chi connectivity index (χ4v) is 2.79. The van der Waals surface area contributed by atoms with Gasteiger partial charge in [-0.15, -0.1) is 0 Å². The Morgan fingerprint density at radius 2 is 1.71 bits per heavy atom. The summed E-state index contributed by atoms with van der Waals surface area (Å²) in [6.07, 6.45) is 4.86. The van der Waals surface area contributed by atoms with Gasteiger partial charge < -0.3 is 10.4 Å². The monoisotopic (exact) mass is 239 g/mol. The van der Waals surface area contributed by atoms with Crippen LogP contribution in [0.15, 0.2) is 0 Å². The van der Waals surface area contributed by atoms with E-state index in [1.165, 1.54) is 0 Å². The highest BCUT2D eigenvalue weighted by Gasteiger charge is 2.53. The average molecular weight is 239 g/mol. The van der Waals surface area contributed by atoms with Crippen molar-refractivity contribution in [1.29, 1.82) is 0 Å². The first-order valence-electron chi connectivity index (χ1n) is 6.43. The van der Waals surface area contributed by atoms with Crippen LogP contribution in [0.2, 0.25) is 0 Å². The van der Waals surface area contributed by atoms with Crippen molar-refractivity contribution in [3.8, 4) is 0 Å². The van der Waals surface area contributed by atoms with E-state index in [-0.39, 0.29) is 17.2 Å². The summed E-state index contributed by atoms with van der Waals surface area (Å²) >= 11 is 0. The lowest BCUT2D eigenvalue weighted by Crippen LogP contribution is -2.56. The van der Waals surface area contributed by atoms with Gasteiger partial charge in [-0.25, -0.2) is 4.79 Å². The number of amides is 1. The minimum Gasteiger partial charge on any atom is -0.480 e. The van der Waals surface area contributed by atoms with Gasteiger partial charge in [0, 0.05) is 5.92 Å². The Morgan fingerprint density at radius 1 is 1.18 bits per heavy atom. The summed E-state index contributed by atoms with van der Waals surface area (Å²) in [7, 11) is 0. The van der Waals surface area contributed by atoms with Gasteiger partial charge in [-0.1, -0.05) is 33.1 Å². The second-order valence-corrected chi connectivity index (χ2v) is 6.18. The topological polar surface area (TPSA) is 66.4 Å². The molecular formula is C13H21NO3. The zero-order valence-electron chi connectivity index (χ0n) is 10.6. The zero-order chi connectivity index (χ0) is 12.7. The Kier molecular flexibility index (Phi) is 2.92. The Balaban J connectivity index is 2.03. The van der Waals surface area contributed by atoms with Crippen molar-refractivity contribution in [1.82, 2.24) is 5.32 Å². The molecule has 4 nitrogen and oxygen atoms in total. The van der Waals surface area contributed by atoms with Crippen molar-refractivity contribution in [2.45, 2.75) is 57.9 Å². The first kappa shape index (κ1) is 12.4. The van der Waals surface area contributed by atoms with Gasteiger partial charge in [0.05, 0.1) is 0 Å². The highest BCUT2D eigenvalue weighted by molar-refractivity contribution is 5.89. The Labute approximate surface area is 102 Å². The van der Waals surface area contributed by atoms with Crippen molar-refractivity contribution in [2.24, 2.45) is 11.3 Å². The van der Waals surface area contributed by atoms with Crippen molar-refractivity contribution < 1.29 is 14.7 Å². The van der Waals surface area contributed by atoms with E-state index in [1.807, 2.05) is 13.8 Å². The van der Waals surface area contributed by atoms with Crippen molar-refractivity contribution in [2.75, 3.05) is 0 Å². The van der Waals surface area contributed by atoms with Crippen LogP contribution in [0.4, 0.5) is 0 Å². The molecule has 0 aliphatic heterocycles. The maximum Gasteiger partial charge on any atom is 0.329 e. The highest BCUT2D eigenvalue weighted by Crippen LogP contribution is 2.52. The van der Waals surface area contributed by atoms with Crippen LogP contribution in [0.3, 0.4) is 0 Å². The molecule has 1 atom stereocenters. The van der Waals surface area contributed by atoms with Gasteiger partial charge in [-0.3, -0.25) is 4.79 Å². The molecule has 17 heavy (non-hydrogen) atoms. The fourth-order valence-electron chi connectivity index (χ4n) is 2.79. The van der Waals surface area contributed by atoms with E-state index in [0.717, 1.165) is 25.7 Å². The summed E-state index contributed by atoms with van der Waals surface area (Å²) in [5, 5.41) is 12.2. The van der Waals surface area contributed by atoms with Gasteiger partial charge >= 0.3 is 5.97 Å². The molecule has 0 bridgehead atoms. The van der Waals surface area contributed by atoms with Crippen LogP contribution in [0.25, 0.3) is 0 Å². The van der Waals surface area contributed by atoms with Gasteiger partial charge in [0.1, 0.15) is 5.54 Å². The second kappa shape index (κ2) is 4.00. The van der Waals surface area contributed by atoms with E-state index in [4.69, 9.17) is 0 Å². The molecule has 2 fully saturated rings. The minimum atomic E-state index is -0.992. The van der Waals surface area contributed by atoms with Crippen molar-refractivity contribution >= 4 is 11.9 Å². The quantitative estimate of drug-likeness (QED) is 0.791. The molecule has 2 N–H and O–H groups in total. The van der Waals surface area contributed by atoms with Crippen LogP contribution in [-0.2, 0) is 9.59 Å². The number of rotatable bonds is 3. The van der Waals surface area contributed by atoms with Crippen LogP contribution in [-0.4, -0.2) is 22.5 Å². The summed E-state index contributed by atoms with van der Waals surface area (Å²) in [6, 6.07) is 0. The number of carbonyl (C=O) groups is 2. The van der Waals surface area contributed by atoms with Crippen LogP contribution >= 0.6 is 0 Å². The predicted octanol–water partition coefficient (Wildman–Crippen LogP) is 1.94. The first-order chi connectivity index (χ1) is 7.87. The molecule has 2 rings (SSSR count). The van der Waals surface area contributed by atoms with Gasteiger partial charge in [-0.05, 0) is 24.7 Å². The molecule has 0 radical (unpaired) electrons. The molecule has 0 spiro atoms. The Morgan fingerprint density at radius 3 is 2.12 bits per heavy atom. The standard InChI is InChI=1S/C13H21NO3/c1-12(2)8-9(12)10(15)14-13(11(16)17)6-4-3-5-7-13/h9H,3-8H2,1-2H3,(H,14,15)(H,16,17). The van der Waals surface area contributed by atoms with E-state index < -0.39 is 11.5 Å². The number of hydrogen-bond donors (Lipinski definition) is 2. The third-order valence-corrected chi connectivity index (χ3v) is 4.31. The summed E-state index contributed by atoms with van der Waals surface area (Å²) in [6.45, 7) is 4.09. The lowest BCUT2D eigenvalue weighted by atomic mass is 9.81. The van der Waals surface area contributed by atoms with Gasteiger partial charge in [-0.2, -0.15) is 0 Å². The largest absolute Gasteiger partial charge is 0.480 e. The second-order valence-electron chi connectivity index (χ2n) is 6.18. The van der Waals surface area contributed by atoms with Crippen LogP contribution < -0.4 is 5.32 Å². The van der Waals surface area contributed by atoms with E-state index in [1.54, 1.807) is 0 Å². The number of hydrogen-bond acceptors (Lipinski definition) is 2. The van der Waals surface area contributed by atoms with E-state index in [9.17, 15) is 14.7 Å². The molecule has 0 aromatic heterocycles. The number of carbonyl (C=O) groups excluding carboxylic acids is 1. The third kappa shape index (κ3) is 2.31. The number of carboxylic acid groups (broad SMARTS) is 1. The van der Waals surface area contributed by atoms with Gasteiger partial charge in [0.25, 0.3) is 0 Å². The molecule has 2 aliphatic carbocycles. The molecule has 2 aliphatic rings. The predicted molar refractivity (Wildman–Crippen MR) is 63.5 cm³/mol. The molecule has 4 heteroatoms. The van der Waals surface area contributed by atoms with Crippen molar-refractivity contribution in [3.63, 3.8) is 0 Å². The lowest BCUT2D eigenvalue weighted by Gasteiger charge is -2.34. The van der Waals surface area contributed by atoms with Gasteiger partial charge in [0.2, 0.25) is 5.91 Å².